The van der Waals surface area contributed by atoms with Crippen molar-refractivity contribution < 1.29 is 62.3 Å². The Hall–Kier alpha value is -1.42. The molecule has 23 heavy (non-hydrogen) atoms. The van der Waals surface area contributed by atoms with Gasteiger partial charge in [0.2, 0.25) is 12.3 Å². The zero-order valence-electron chi connectivity index (χ0n) is 12.3. The lowest BCUT2D eigenvalue weighted by molar-refractivity contribution is -0.683. The Kier molecular flexibility index (Phi) is 12.3. The second kappa shape index (κ2) is 13.1. The zero-order chi connectivity index (χ0) is 14.8. The Morgan fingerprint density at radius 3 is 2.04 bits per heavy atom. The molecule has 3 aromatic rings. The van der Waals surface area contributed by atoms with Gasteiger partial charge < -0.3 is 48.0 Å². The SMILES string of the molecule is O=C(C[n+]1ccccc1)c1ccccn1.[I-].[I-].c1cc[nH+]cc1. The lowest BCUT2D eigenvalue weighted by Crippen LogP contribution is -3.00. The molecule has 3 rings (SSSR count). The summed E-state index contributed by atoms with van der Waals surface area (Å²) in [6, 6.07) is 16.9. The van der Waals surface area contributed by atoms with Crippen molar-refractivity contribution in [2.24, 2.45) is 0 Å². The number of hydrogen-bond acceptors (Lipinski definition) is 2. The Bertz CT molecular complexity index is 626. The van der Waals surface area contributed by atoms with Crippen LogP contribution in [0.4, 0.5) is 0 Å². The predicted molar refractivity (Wildman–Crippen MR) is 78.2 cm³/mol. The molecule has 0 bridgehead atoms. The van der Waals surface area contributed by atoms with Crippen molar-refractivity contribution in [1.82, 2.24) is 4.98 Å². The van der Waals surface area contributed by atoms with Crippen molar-refractivity contribution in [2.75, 3.05) is 0 Å². The van der Waals surface area contributed by atoms with Crippen LogP contribution in [-0.2, 0) is 6.54 Å². The third-order valence-electron chi connectivity index (χ3n) is 2.66. The number of ketones is 1. The van der Waals surface area contributed by atoms with Crippen LogP contribution in [0.3, 0.4) is 0 Å². The quantitative estimate of drug-likeness (QED) is 0.195. The number of aromatic nitrogens is 3. The number of nitrogens with one attached hydrogen (secondary N) is 1. The van der Waals surface area contributed by atoms with Gasteiger partial charge in [0.15, 0.2) is 24.8 Å². The number of rotatable bonds is 3. The molecule has 0 saturated heterocycles. The Morgan fingerprint density at radius 2 is 1.57 bits per heavy atom. The fourth-order valence-corrected chi connectivity index (χ4v) is 1.66. The molecule has 120 valence electrons. The highest BCUT2D eigenvalue weighted by atomic mass is 127. The third kappa shape index (κ3) is 8.70. The van der Waals surface area contributed by atoms with E-state index in [0.717, 1.165) is 0 Å². The van der Waals surface area contributed by atoms with Gasteiger partial charge in [0.1, 0.15) is 5.69 Å². The molecule has 0 atom stereocenters. The summed E-state index contributed by atoms with van der Waals surface area (Å²) < 4.78 is 1.83. The first-order chi connectivity index (χ1) is 10.4. The second-order valence-corrected chi connectivity index (χ2v) is 4.26. The van der Waals surface area contributed by atoms with Gasteiger partial charge in [-0.05, 0) is 12.1 Å². The van der Waals surface area contributed by atoms with Crippen LogP contribution in [0, 0.1) is 0 Å². The van der Waals surface area contributed by atoms with Crippen LogP contribution in [0.1, 0.15) is 10.5 Å². The first-order valence-electron chi connectivity index (χ1n) is 6.65. The van der Waals surface area contributed by atoms with Gasteiger partial charge in [0.25, 0.3) is 0 Å². The van der Waals surface area contributed by atoms with Crippen molar-refractivity contribution in [3.05, 3.63) is 91.3 Å². The summed E-state index contributed by atoms with van der Waals surface area (Å²) in [6.45, 7) is 0.331. The summed E-state index contributed by atoms with van der Waals surface area (Å²) in [5.74, 6) is 0.0202. The molecular formula is C17H17I2N3O. The smallest absolute Gasteiger partial charge is 0.245 e. The average molecular weight is 533 g/mol. The van der Waals surface area contributed by atoms with Gasteiger partial charge in [-0.15, -0.1) is 0 Å². The summed E-state index contributed by atoms with van der Waals surface area (Å²) in [5.41, 5.74) is 0.508. The zero-order valence-corrected chi connectivity index (χ0v) is 16.7. The van der Waals surface area contributed by atoms with Crippen molar-refractivity contribution in [2.45, 2.75) is 6.54 Å². The topological polar surface area (TPSA) is 48.0 Å². The van der Waals surface area contributed by atoms with Gasteiger partial charge in [0.05, 0.1) is 0 Å². The van der Waals surface area contributed by atoms with Gasteiger partial charge in [0, 0.05) is 30.5 Å². The average Bonchev–Trinajstić information content (AvgIpc) is 2.59. The Labute approximate surface area is 170 Å². The minimum atomic E-state index is 0. The molecule has 4 nitrogen and oxygen atoms in total. The molecule has 1 N–H and O–H groups in total. The molecule has 0 radical (unpaired) electrons. The summed E-state index contributed by atoms with van der Waals surface area (Å²) in [5, 5.41) is 0. The van der Waals surface area contributed by atoms with E-state index in [1.165, 1.54) is 0 Å². The van der Waals surface area contributed by atoms with Crippen molar-refractivity contribution in [3.8, 4) is 0 Å². The van der Waals surface area contributed by atoms with Gasteiger partial charge in [-0.3, -0.25) is 9.78 Å². The number of pyridine rings is 3. The van der Waals surface area contributed by atoms with Crippen LogP contribution in [-0.4, -0.2) is 10.8 Å². The molecule has 0 aliphatic carbocycles. The van der Waals surface area contributed by atoms with Crippen LogP contribution in [0.5, 0.6) is 0 Å². The van der Waals surface area contributed by atoms with E-state index in [-0.39, 0.29) is 53.7 Å². The van der Waals surface area contributed by atoms with Crippen LogP contribution < -0.4 is 57.5 Å². The fourth-order valence-electron chi connectivity index (χ4n) is 1.66. The number of Topliss-reactive ketones (excluding diaryl/α,β-unsaturated/α-hetero) is 1. The Balaban J connectivity index is 0.000000518. The molecule has 0 aliphatic heterocycles. The summed E-state index contributed by atoms with van der Waals surface area (Å²) in [4.78, 5) is 18.6. The highest BCUT2D eigenvalue weighted by molar-refractivity contribution is 5.92. The minimum Gasteiger partial charge on any atom is -1.00 e. The lowest BCUT2D eigenvalue weighted by atomic mass is 10.2. The maximum Gasteiger partial charge on any atom is 0.245 e. The first kappa shape index (κ1) is 21.6. The molecule has 3 aromatic heterocycles. The third-order valence-corrected chi connectivity index (χ3v) is 2.66. The molecule has 0 fully saturated rings. The van der Waals surface area contributed by atoms with E-state index in [9.17, 15) is 4.79 Å². The maximum atomic E-state index is 11.7. The minimum absolute atomic E-state index is 0. The van der Waals surface area contributed by atoms with Crippen molar-refractivity contribution in [1.29, 1.82) is 0 Å². The lowest BCUT2D eigenvalue weighted by Gasteiger charge is -1.95. The largest absolute Gasteiger partial charge is 1.00 e. The highest BCUT2D eigenvalue weighted by Gasteiger charge is 2.11. The van der Waals surface area contributed by atoms with E-state index < -0.39 is 0 Å². The van der Waals surface area contributed by atoms with Gasteiger partial charge >= 0.3 is 0 Å². The molecule has 6 heteroatoms. The molecule has 0 amide bonds. The van der Waals surface area contributed by atoms with Crippen LogP contribution in [0.15, 0.2) is 85.6 Å². The molecule has 0 aromatic carbocycles. The van der Waals surface area contributed by atoms with Crippen LogP contribution in [0.2, 0.25) is 0 Å². The molecule has 0 aliphatic rings. The van der Waals surface area contributed by atoms with Gasteiger partial charge in [-0.1, -0.05) is 18.2 Å². The molecule has 0 unspecified atom stereocenters. The second-order valence-electron chi connectivity index (χ2n) is 4.26. The number of carbonyl (C=O) groups excluding carboxylic acids is 1. The van der Waals surface area contributed by atoms with E-state index in [2.05, 4.69) is 9.97 Å². The van der Waals surface area contributed by atoms with Crippen molar-refractivity contribution in [3.63, 3.8) is 0 Å². The maximum absolute atomic E-state index is 11.7. The number of halogens is 2. The number of hydrogen-bond donors (Lipinski definition) is 0. The van der Waals surface area contributed by atoms with E-state index in [1.54, 1.807) is 18.3 Å². The molecule has 3 heterocycles. The monoisotopic (exact) mass is 533 g/mol. The summed E-state index contributed by atoms with van der Waals surface area (Å²) >= 11 is 0. The van der Waals surface area contributed by atoms with E-state index in [0.29, 0.717) is 12.2 Å². The van der Waals surface area contributed by atoms with Crippen LogP contribution >= 0.6 is 0 Å². The number of aromatic amines is 1. The summed E-state index contributed by atoms with van der Waals surface area (Å²) in [7, 11) is 0. The predicted octanol–water partition coefficient (Wildman–Crippen LogP) is -4.24. The molecular weight excluding hydrogens is 516 g/mol. The standard InChI is InChI=1S/C12H11N2O.C5H5N.2HI/c15-12(11-6-2-3-7-13-11)10-14-8-4-1-5-9-14;1-2-4-6-5-3-1;;/h1-9H,10H2;1-5H;2*1H/q+1;;;/p-1. The Morgan fingerprint density at radius 1 is 0.913 bits per heavy atom. The van der Waals surface area contributed by atoms with Gasteiger partial charge in [-0.25, -0.2) is 4.98 Å². The number of carbonyl (C=O) groups is 1. The number of nitrogens with zero attached hydrogens (tertiary/aromatic N) is 2. The molecule has 0 saturated carbocycles. The van der Waals surface area contributed by atoms with Crippen LogP contribution in [0.25, 0.3) is 0 Å². The van der Waals surface area contributed by atoms with E-state index in [1.807, 2.05) is 71.8 Å². The van der Waals surface area contributed by atoms with Crippen molar-refractivity contribution >= 4 is 5.78 Å². The number of H-pyrrole nitrogens is 1. The van der Waals surface area contributed by atoms with E-state index >= 15 is 0 Å². The molecule has 0 spiro atoms. The first-order valence-corrected chi connectivity index (χ1v) is 6.65. The van der Waals surface area contributed by atoms with Gasteiger partial charge in [-0.2, -0.15) is 4.57 Å². The van der Waals surface area contributed by atoms with E-state index in [4.69, 9.17) is 0 Å². The summed E-state index contributed by atoms with van der Waals surface area (Å²) in [6.07, 6.45) is 9.10. The normalized spacial score (nSPS) is 8.52. The fraction of sp³-hybridized carbons (Fsp3) is 0.0588. The highest BCUT2D eigenvalue weighted by Crippen LogP contribution is 1.94.